The summed E-state index contributed by atoms with van der Waals surface area (Å²) in [5, 5.41) is 3.47. The average molecular weight is 279 g/mol. The Balaban J connectivity index is 2.34. The molecule has 0 heterocycles. The Morgan fingerprint density at radius 1 is 1.05 bits per heavy atom. The second-order valence-electron chi connectivity index (χ2n) is 6.15. The monoisotopic (exact) mass is 279 g/mol. The molecule has 20 heavy (non-hydrogen) atoms. The molecule has 0 fully saturated rings. The van der Waals surface area contributed by atoms with Gasteiger partial charge < -0.3 is 14.8 Å². The van der Waals surface area contributed by atoms with E-state index in [-0.39, 0.29) is 5.41 Å². The van der Waals surface area contributed by atoms with Gasteiger partial charge in [0.1, 0.15) is 0 Å². The van der Waals surface area contributed by atoms with Crippen molar-refractivity contribution in [3.63, 3.8) is 0 Å². The Labute approximate surface area is 123 Å². The maximum Gasteiger partial charge on any atom is 0.0700 e. The van der Waals surface area contributed by atoms with E-state index in [0.29, 0.717) is 25.9 Å². The van der Waals surface area contributed by atoms with E-state index in [9.17, 15) is 0 Å². The first-order chi connectivity index (χ1) is 9.45. The van der Waals surface area contributed by atoms with Gasteiger partial charge in [0, 0.05) is 19.7 Å². The molecule has 0 radical (unpaired) electrons. The van der Waals surface area contributed by atoms with Crippen LogP contribution in [-0.4, -0.2) is 33.5 Å². The summed E-state index contributed by atoms with van der Waals surface area (Å²) < 4.78 is 10.4. The van der Waals surface area contributed by atoms with Gasteiger partial charge in [-0.05, 0) is 23.5 Å². The van der Waals surface area contributed by atoms with Crippen molar-refractivity contribution in [3.8, 4) is 0 Å². The lowest BCUT2D eigenvalue weighted by Gasteiger charge is -2.20. The lowest BCUT2D eigenvalue weighted by Crippen LogP contribution is -2.24. The van der Waals surface area contributed by atoms with Crippen molar-refractivity contribution in [3.05, 3.63) is 35.4 Å². The molecule has 0 aliphatic heterocycles. The van der Waals surface area contributed by atoms with Gasteiger partial charge in [0.05, 0.1) is 19.8 Å². The minimum Gasteiger partial charge on any atom is -0.382 e. The highest BCUT2D eigenvalue weighted by molar-refractivity contribution is 5.28. The molecular formula is C17H29NO2. The Bertz CT molecular complexity index is 368. The maximum atomic E-state index is 5.44. The van der Waals surface area contributed by atoms with Crippen molar-refractivity contribution in [2.75, 3.05) is 33.5 Å². The van der Waals surface area contributed by atoms with E-state index in [4.69, 9.17) is 9.47 Å². The van der Waals surface area contributed by atoms with Gasteiger partial charge in [-0.2, -0.15) is 0 Å². The van der Waals surface area contributed by atoms with Crippen LogP contribution in [-0.2, 0) is 14.9 Å². The van der Waals surface area contributed by atoms with E-state index in [1.807, 2.05) is 0 Å². The molecule has 1 unspecified atom stereocenters. The lowest BCUT2D eigenvalue weighted by molar-refractivity contribution is 0.0712. The van der Waals surface area contributed by atoms with Gasteiger partial charge in [-0.3, -0.25) is 0 Å². The summed E-state index contributed by atoms with van der Waals surface area (Å²) in [6.07, 6.45) is 0. The highest BCUT2D eigenvalue weighted by Crippen LogP contribution is 2.23. The Morgan fingerprint density at radius 2 is 1.70 bits per heavy atom. The molecule has 0 aliphatic carbocycles. The first kappa shape index (κ1) is 17.2. The molecule has 0 bridgehead atoms. The third kappa shape index (κ3) is 6.04. The zero-order valence-corrected chi connectivity index (χ0v) is 13.5. The molecule has 1 atom stereocenters. The molecule has 0 saturated carbocycles. The number of hydrogen-bond acceptors (Lipinski definition) is 3. The van der Waals surface area contributed by atoms with E-state index in [0.717, 1.165) is 6.54 Å². The van der Waals surface area contributed by atoms with Gasteiger partial charge in [0.15, 0.2) is 0 Å². The minimum absolute atomic E-state index is 0.213. The lowest BCUT2D eigenvalue weighted by atomic mass is 9.86. The molecule has 0 saturated heterocycles. The molecule has 114 valence electrons. The van der Waals surface area contributed by atoms with E-state index >= 15 is 0 Å². The number of hydrogen-bond donors (Lipinski definition) is 1. The Morgan fingerprint density at radius 3 is 2.25 bits per heavy atom. The average Bonchev–Trinajstić information content (AvgIpc) is 2.41. The summed E-state index contributed by atoms with van der Waals surface area (Å²) in [5.41, 5.74) is 2.90. The van der Waals surface area contributed by atoms with Crippen LogP contribution in [0.15, 0.2) is 24.3 Å². The topological polar surface area (TPSA) is 30.5 Å². The summed E-state index contributed by atoms with van der Waals surface area (Å²) in [5.74, 6) is 0. The molecule has 3 nitrogen and oxygen atoms in total. The first-order valence-corrected chi connectivity index (χ1v) is 7.35. The fourth-order valence-electron chi connectivity index (χ4n) is 1.98. The molecule has 0 amide bonds. The molecule has 0 spiro atoms. The fourth-order valence-corrected chi connectivity index (χ4v) is 1.98. The van der Waals surface area contributed by atoms with Crippen LogP contribution in [0.3, 0.4) is 0 Å². The first-order valence-electron chi connectivity index (χ1n) is 7.35. The SMILES string of the molecule is COCCOCCNC(C)c1ccc(C(C)(C)C)cc1. The predicted molar refractivity (Wildman–Crippen MR) is 84.3 cm³/mol. The molecule has 3 heteroatoms. The van der Waals surface area contributed by atoms with Gasteiger partial charge in [0.25, 0.3) is 0 Å². The second-order valence-corrected chi connectivity index (χ2v) is 6.15. The second kappa shape index (κ2) is 8.40. The summed E-state index contributed by atoms with van der Waals surface area (Å²) in [6, 6.07) is 9.22. The third-order valence-electron chi connectivity index (χ3n) is 3.41. The summed E-state index contributed by atoms with van der Waals surface area (Å²) in [6.45, 7) is 11.8. The quantitative estimate of drug-likeness (QED) is 0.741. The van der Waals surface area contributed by atoms with E-state index in [1.54, 1.807) is 7.11 Å². The molecule has 1 rings (SSSR count). The van der Waals surface area contributed by atoms with Crippen LogP contribution in [0.5, 0.6) is 0 Å². The van der Waals surface area contributed by atoms with Crippen molar-refractivity contribution in [2.24, 2.45) is 0 Å². The zero-order valence-electron chi connectivity index (χ0n) is 13.5. The van der Waals surface area contributed by atoms with Crippen LogP contribution in [0.1, 0.15) is 44.9 Å². The van der Waals surface area contributed by atoms with Gasteiger partial charge in [0.2, 0.25) is 0 Å². The largest absolute Gasteiger partial charge is 0.382 e. The highest BCUT2D eigenvalue weighted by atomic mass is 16.5. The van der Waals surface area contributed by atoms with Crippen molar-refractivity contribution >= 4 is 0 Å². The highest BCUT2D eigenvalue weighted by Gasteiger charge is 2.13. The number of methoxy groups -OCH3 is 1. The molecule has 1 aromatic carbocycles. The number of ether oxygens (including phenoxy) is 2. The van der Waals surface area contributed by atoms with Crippen LogP contribution in [0.25, 0.3) is 0 Å². The van der Waals surface area contributed by atoms with Crippen molar-refractivity contribution in [2.45, 2.75) is 39.2 Å². The minimum atomic E-state index is 0.213. The summed E-state index contributed by atoms with van der Waals surface area (Å²) >= 11 is 0. The van der Waals surface area contributed by atoms with Gasteiger partial charge in [-0.1, -0.05) is 45.0 Å². The Kier molecular flexibility index (Phi) is 7.20. The van der Waals surface area contributed by atoms with Crippen LogP contribution in [0.2, 0.25) is 0 Å². The summed E-state index contributed by atoms with van der Waals surface area (Å²) in [7, 11) is 1.69. The van der Waals surface area contributed by atoms with Gasteiger partial charge >= 0.3 is 0 Å². The van der Waals surface area contributed by atoms with Crippen molar-refractivity contribution in [1.82, 2.24) is 5.32 Å². The standard InChI is InChI=1S/C17H29NO2/c1-14(18-10-11-20-13-12-19-5)15-6-8-16(9-7-15)17(2,3)4/h6-9,14,18H,10-13H2,1-5H3. The van der Waals surface area contributed by atoms with Gasteiger partial charge in [-0.15, -0.1) is 0 Å². The zero-order chi connectivity index (χ0) is 15.0. The predicted octanol–water partition coefficient (Wildman–Crippen LogP) is 3.30. The number of rotatable bonds is 8. The van der Waals surface area contributed by atoms with Crippen molar-refractivity contribution < 1.29 is 9.47 Å². The number of benzene rings is 1. The van der Waals surface area contributed by atoms with E-state index < -0.39 is 0 Å². The van der Waals surface area contributed by atoms with E-state index in [2.05, 4.69) is 57.3 Å². The third-order valence-corrected chi connectivity index (χ3v) is 3.41. The van der Waals surface area contributed by atoms with Crippen LogP contribution in [0, 0.1) is 0 Å². The molecular weight excluding hydrogens is 250 g/mol. The van der Waals surface area contributed by atoms with Crippen LogP contribution >= 0.6 is 0 Å². The normalized spacial score (nSPS) is 13.4. The van der Waals surface area contributed by atoms with E-state index in [1.165, 1.54) is 11.1 Å². The maximum absolute atomic E-state index is 5.44. The van der Waals surface area contributed by atoms with Crippen molar-refractivity contribution in [1.29, 1.82) is 0 Å². The number of nitrogens with one attached hydrogen (secondary N) is 1. The molecule has 1 N–H and O–H groups in total. The Hall–Kier alpha value is -0.900. The van der Waals surface area contributed by atoms with Crippen LogP contribution < -0.4 is 5.32 Å². The fraction of sp³-hybridized carbons (Fsp3) is 0.647. The molecule has 0 aliphatic rings. The summed E-state index contributed by atoms with van der Waals surface area (Å²) in [4.78, 5) is 0. The van der Waals surface area contributed by atoms with Crippen LogP contribution in [0.4, 0.5) is 0 Å². The smallest absolute Gasteiger partial charge is 0.0700 e. The van der Waals surface area contributed by atoms with Gasteiger partial charge in [-0.25, -0.2) is 0 Å². The molecule has 0 aromatic heterocycles. The molecule has 1 aromatic rings.